The molecular weight excluding hydrogens is 188 g/mol. The number of nitrogens with zero attached hydrogens (tertiary/aromatic N) is 2. The lowest BCUT2D eigenvalue weighted by Crippen LogP contribution is -2.31. The Kier molecular flexibility index (Phi) is 7.04. The van der Waals surface area contributed by atoms with Crippen LogP contribution in [0.2, 0.25) is 0 Å². The van der Waals surface area contributed by atoms with Crippen molar-refractivity contribution < 1.29 is 9.84 Å². The van der Waals surface area contributed by atoms with Gasteiger partial charge in [0.1, 0.15) is 12.1 Å². The first-order valence-electron chi connectivity index (χ1n) is 4.56. The van der Waals surface area contributed by atoms with Crippen molar-refractivity contribution in [2.24, 2.45) is 10.4 Å². The van der Waals surface area contributed by atoms with Gasteiger partial charge in [0.05, 0.1) is 19.3 Å². The lowest BCUT2D eigenvalue weighted by atomic mass is 10.1. The third kappa shape index (κ3) is 4.38. The molecule has 0 aromatic heterocycles. The minimum Gasteiger partial charge on any atom is -0.394 e. The Morgan fingerprint density at radius 3 is 2.36 bits per heavy atom. The summed E-state index contributed by atoms with van der Waals surface area (Å²) in [4.78, 5) is 20.3. The van der Waals surface area contributed by atoms with E-state index in [0.717, 1.165) is 0 Å². The van der Waals surface area contributed by atoms with Gasteiger partial charge in [-0.1, -0.05) is 17.3 Å². The van der Waals surface area contributed by atoms with Gasteiger partial charge in [0, 0.05) is 0 Å². The van der Waals surface area contributed by atoms with Gasteiger partial charge in [-0.2, -0.15) is 9.81 Å². The van der Waals surface area contributed by atoms with Gasteiger partial charge in [0.2, 0.25) is 0 Å². The highest BCUT2D eigenvalue weighted by Gasteiger charge is 2.21. The zero-order valence-corrected chi connectivity index (χ0v) is 8.42. The molecule has 0 heterocycles. The van der Waals surface area contributed by atoms with Gasteiger partial charge in [-0.05, 0) is 13.3 Å². The molecule has 82 valence electrons. The molecule has 3 unspecified atom stereocenters. The molecule has 0 radical (unpaired) electrons. The summed E-state index contributed by atoms with van der Waals surface area (Å²) in [6, 6.07) is -1.21. The number of aliphatic hydroxyl groups excluding tert-OH is 1. The first kappa shape index (κ1) is 13.1. The summed E-state index contributed by atoms with van der Waals surface area (Å²) in [5, 5.41) is 14.3. The van der Waals surface area contributed by atoms with Crippen molar-refractivity contribution in [2.75, 3.05) is 13.2 Å². The van der Waals surface area contributed by atoms with E-state index < -0.39 is 18.2 Å². The highest BCUT2D eigenvalue weighted by molar-refractivity contribution is 4.75. The van der Waals surface area contributed by atoms with Crippen LogP contribution in [0.5, 0.6) is 0 Å². The van der Waals surface area contributed by atoms with Gasteiger partial charge in [0.25, 0.3) is 0 Å². The Hall–Kier alpha value is -0.880. The van der Waals surface area contributed by atoms with Crippen LogP contribution in [-0.2, 0) is 4.74 Å². The predicted octanol–water partition coefficient (Wildman–Crippen LogP) is 1.06. The van der Waals surface area contributed by atoms with Crippen LogP contribution >= 0.6 is 0 Å². The van der Waals surface area contributed by atoms with E-state index in [4.69, 9.17) is 9.84 Å². The fourth-order valence-electron chi connectivity index (χ4n) is 1.01. The predicted molar refractivity (Wildman–Crippen MR) is 52.0 cm³/mol. The molecule has 6 heteroatoms. The van der Waals surface area contributed by atoms with E-state index in [9.17, 15) is 9.81 Å². The molecule has 0 aliphatic carbocycles. The van der Waals surface area contributed by atoms with Gasteiger partial charge >= 0.3 is 0 Å². The smallest absolute Gasteiger partial charge is 0.141 e. The third-order valence-electron chi connectivity index (χ3n) is 1.89. The Labute approximate surface area is 82.6 Å². The lowest BCUT2D eigenvalue weighted by Gasteiger charge is -2.19. The van der Waals surface area contributed by atoms with Gasteiger partial charge in [-0.25, -0.2) is 0 Å². The van der Waals surface area contributed by atoms with E-state index in [2.05, 4.69) is 10.4 Å². The highest BCUT2D eigenvalue weighted by atomic mass is 16.5. The molecule has 0 saturated heterocycles. The monoisotopic (exact) mass is 204 g/mol. The van der Waals surface area contributed by atoms with E-state index in [1.807, 2.05) is 6.92 Å². The second kappa shape index (κ2) is 7.52. The molecule has 0 aliphatic rings. The summed E-state index contributed by atoms with van der Waals surface area (Å²) in [5.74, 6) is 0. The molecule has 6 nitrogen and oxygen atoms in total. The summed E-state index contributed by atoms with van der Waals surface area (Å²) in [7, 11) is 0. The summed E-state index contributed by atoms with van der Waals surface area (Å²) in [6.07, 6.45) is 0.115. The Morgan fingerprint density at radius 1 is 1.36 bits per heavy atom. The Morgan fingerprint density at radius 2 is 2.00 bits per heavy atom. The molecule has 0 rings (SSSR count). The third-order valence-corrected chi connectivity index (χ3v) is 1.89. The SMILES string of the molecule is CCC(OCC(C)N=O)C(CO)N=O. The van der Waals surface area contributed by atoms with Crippen LogP contribution in [0.4, 0.5) is 0 Å². The quantitative estimate of drug-likeness (QED) is 0.599. The fraction of sp³-hybridized carbons (Fsp3) is 1.00. The Bertz CT molecular complexity index is 177. The molecule has 0 aromatic rings. The van der Waals surface area contributed by atoms with Crippen molar-refractivity contribution in [2.45, 2.75) is 38.5 Å². The number of nitroso groups, excluding NO2 is 2. The van der Waals surface area contributed by atoms with Crippen LogP contribution in [-0.4, -0.2) is 36.5 Å². The molecule has 0 saturated carbocycles. The standard InChI is InChI=1S/C8H16N2O4/c1-3-8(7(4-11)10-13)14-5-6(2)9-12/h6-8,11H,3-5H2,1-2H3. The second-order valence-electron chi connectivity index (χ2n) is 3.09. The summed E-state index contributed by atoms with van der Waals surface area (Å²) >= 11 is 0. The maximum Gasteiger partial charge on any atom is 0.141 e. The average molecular weight is 204 g/mol. The van der Waals surface area contributed by atoms with Crippen molar-refractivity contribution in [3.63, 3.8) is 0 Å². The summed E-state index contributed by atoms with van der Waals surface area (Å²) in [5.41, 5.74) is 0. The molecule has 0 aromatic carbocycles. The van der Waals surface area contributed by atoms with E-state index >= 15 is 0 Å². The van der Waals surface area contributed by atoms with Gasteiger partial charge < -0.3 is 9.84 Å². The van der Waals surface area contributed by atoms with Gasteiger partial charge in [0.15, 0.2) is 0 Å². The van der Waals surface area contributed by atoms with E-state index in [1.54, 1.807) is 6.92 Å². The van der Waals surface area contributed by atoms with Crippen molar-refractivity contribution in [3.05, 3.63) is 9.81 Å². The van der Waals surface area contributed by atoms with E-state index in [-0.39, 0.29) is 13.2 Å². The highest BCUT2D eigenvalue weighted by Crippen LogP contribution is 2.08. The van der Waals surface area contributed by atoms with E-state index in [1.165, 1.54) is 0 Å². The molecule has 0 amide bonds. The molecule has 0 fully saturated rings. The summed E-state index contributed by atoms with van der Waals surface area (Å²) in [6.45, 7) is 3.23. The first-order valence-corrected chi connectivity index (χ1v) is 4.56. The van der Waals surface area contributed by atoms with Crippen molar-refractivity contribution >= 4 is 0 Å². The molecule has 3 atom stereocenters. The number of hydrogen-bond acceptors (Lipinski definition) is 6. The van der Waals surface area contributed by atoms with Crippen LogP contribution in [0.15, 0.2) is 10.4 Å². The Balaban J connectivity index is 4.00. The van der Waals surface area contributed by atoms with Crippen LogP contribution in [0.3, 0.4) is 0 Å². The molecule has 0 bridgehead atoms. The zero-order valence-electron chi connectivity index (χ0n) is 8.42. The van der Waals surface area contributed by atoms with E-state index in [0.29, 0.717) is 6.42 Å². The number of rotatable bonds is 8. The average Bonchev–Trinajstić information content (AvgIpc) is 2.23. The molecule has 0 aliphatic heterocycles. The van der Waals surface area contributed by atoms with Crippen LogP contribution in [0, 0.1) is 9.81 Å². The van der Waals surface area contributed by atoms with Crippen molar-refractivity contribution in [1.82, 2.24) is 0 Å². The largest absolute Gasteiger partial charge is 0.394 e. The van der Waals surface area contributed by atoms with Crippen LogP contribution in [0.25, 0.3) is 0 Å². The molecule has 1 N–H and O–H groups in total. The fourth-order valence-corrected chi connectivity index (χ4v) is 1.01. The minimum atomic E-state index is -0.765. The first-order chi connectivity index (χ1) is 6.69. The molecule has 0 spiro atoms. The summed E-state index contributed by atoms with van der Waals surface area (Å²) < 4.78 is 5.24. The molecule has 14 heavy (non-hydrogen) atoms. The number of aliphatic hydroxyl groups is 1. The maximum absolute atomic E-state index is 10.3. The van der Waals surface area contributed by atoms with Crippen LogP contribution < -0.4 is 0 Å². The van der Waals surface area contributed by atoms with Crippen molar-refractivity contribution in [1.29, 1.82) is 0 Å². The second-order valence-corrected chi connectivity index (χ2v) is 3.09. The lowest BCUT2D eigenvalue weighted by molar-refractivity contribution is 0.0145. The topological polar surface area (TPSA) is 88.3 Å². The normalized spacial score (nSPS) is 17.1. The van der Waals surface area contributed by atoms with Crippen molar-refractivity contribution in [3.8, 4) is 0 Å². The minimum absolute atomic E-state index is 0.147. The van der Waals surface area contributed by atoms with Gasteiger partial charge in [-0.3, -0.25) is 0 Å². The number of ether oxygens (including phenoxy) is 1. The molecular formula is C8H16N2O4. The van der Waals surface area contributed by atoms with Crippen LogP contribution in [0.1, 0.15) is 20.3 Å². The number of hydrogen-bond donors (Lipinski definition) is 1. The zero-order chi connectivity index (χ0) is 11.0. The van der Waals surface area contributed by atoms with Gasteiger partial charge in [-0.15, -0.1) is 0 Å². The maximum atomic E-state index is 10.3.